The Kier molecular flexibility index (Phi) is 5.11. The molecule has 1 heterocycles. The van der Waals surface area contributed by atoms with Crippen LogP contribution in [0.4, 0.5) is 17.5 Å². The van der Waals surface area contributed by atoms with Gasteiger partial charge in [0, 0.05) is 22.9 Å². The first-order valence-electron chi connectivity index (χ1n) is 7.76. The minimum atomic E-state index is 0.578. The molecule has 0 fully saturated rings. The molecular formula is C19H19BrN4. The first-order chi connectivity index (χ1) is 11.6. The fourth-order valence-electron chi connectivity index (χ4n) is 2.30. The van der Waals surface area contributed by atoms with Crippen LogP contribution in [0.5, 0.6) is 0 Å². The third kappa shape index (κ3) is 4.32. The molecule has 0 atom stereocenters. The average Bonchev–Trinajstić information content (AvgIpc) is 2.57. The zero-order valence-electron chi connectivity index (χ0n) is 13.7. The molecule has 0 saturated carbocycles. The topological polar surface area (TPSA) is 49.8 Å². The molecule has 0 aliphatic carbocycles. The Morgan fingerprint density at radius 3 is 2.54 bits per heavy atom. The highest BCUT2D eigenvalue weighted by molar-refractivity contribution is 9.10. The van der Waals surface area contributed by atoms with Crippen molar-refractivity contribution in [3.63, 3.8) is 0 Å². The molecule has 0 spiro atoms. The molecule has 2 aromatic carbocycles. The molecule has 0 unspecified atom stereocenters. The lowest BCUT2D eigenvalue weighted by molar-refractivity contribution is 1.08. The number of hydrogen-bond donors (Lipinski definition) is 2. The average molecular weight is 383 g/mol. The minimum Gasteiger partial charge on any atom is -0.366 e. The van der Waals surface area contributed by atoms with Gasteiger partial charge in [0.2, 0.25) is 5.95 Å². The van der Waals surface area contributed by atoms with E-state index in [9.17, 15) is 0 Å². The lowest BCUT2D eigenvalue weighted by Gasteiger charge is -2.10. The lowest BCUT2D eigenvalue weighted by Crippen LogP contribution is -2.04. The van der Waals surface area contributed by atoms with Crippen LogP contribution < -0.4 is 10.6 Å². The van der Waals surface area contributed by atoms with E-state index in [2.05, 4.69) is 73.8 Å². The largest absolute Gasteiger partial charge is 0.366 e. The van der Waals surface area contributed by atoms with E-state index in [0.29, 0.717) is 5.95 Å². The maximum atomic E-state index is 4.52. The van der Waals surface area contributed by atoms with Crippen LogP contribution in [-0.2, 0) is 6.54 Å². The third-order valence-corrected chi connectivity index (χ3v) is 4.18. The minimum absolute atomic E-state index is 0.578. The summed E-state index contributed by atoms with van der Waals surface area (Å²) in [5, 5.41) is 6.59. The monoisotopic (exact) mass is 382 g/mol. The van der Waals surface area contributed by atoms with Crippen molar-refractivity contribution in [1.82, 2.24) is 9.97 Å². The van der Waals surface area contributed by atoms with Gasteiger partial charge in [-0.05, 0) is 49.2 Å². The van der Waals surface area contributed by atoms with E-state index in [0.717, 1.165) is 28.1 Å². The van der Waals surface area contributed by atoms with Crippen LogP contribution in [0.1, 0.15) is 16.7 Å². The summed E-state index contributed by atoms with van der Waals surface area (Å²) in [7, 11) is 0. The first kappa shape index (κ1) is 16.5. The normalized spacial score (nSPS) is 10.5. The molecule has 0 radical (unpaired) electrons. The highest BCUT2D eigenvalue weighted by atomic mass is 79.9. The van der Waals surface area contributed by atoms with Crippen molar-refractivity contribution in [1.29, 1.82) is 0 Å². The standard InChI is InChI=1S/C19H19BrN4/c1-13-3-5-15(6-4-13)12-22-18-9-10-21-19(24-18)23-17-8-7-16(20)11-14(17)2/h3-11H,12H2,1-2H3,(H2,21,22,23,24). The summed E-state index contributed by atoms with van der Waals surface area (Å²) >= 11 is 3.47. The Morgan fingerprint density at radius 1 is 1.00 bits per heavy atom. The Morgan fingerprint density at radius 2 is 1.79 bits per heavy atom. The SMILES string of the molecule is Cc1ccc(CNc2ccnc(Nc3ccc(Br)cc3C)n2)cc1. The van der Waals surface area contributed by atoms with Gasteiger partial charge in [-0.3, -0.25) is 0 Å². The summed E-state index contributed by atoms with van der Waals surface area (Å²) in [6.45, 7) is 4.87. The molecule has 2 N–H and O–H groups in total. The van der Waals surface area contributed by atoms with E-state index in [1.807, 2.05) is 25.1 Å². The molecule has 0 amide bonds. The predicted octanol–water partition coefficient (Wildman–Crippen LogP) is 5.21. The highest BCUT2D eigenvalue weighted by Gasteiger charge is 2.03. The smallest absolute Gasteiger partial charge is 0.229 e. The Labute approximate surface area is 150 Å². The molecule has 0 aliphatic heterocycles. The molecule has 1 aromatic heterocycles. The second-order valence-corrected chi connectivity index (χ2v) is 6.60. The zero-order chi connectivity index (χ0) is 16.9. The van der Waals surface area contributed by atoms with Crippen molar-refractivity contribution in [3.8, 4) is 0 Å². The molecule has 0 bridgehead atoms. The van der Waals surface area contributed by atoms with Gasteiger partial charge in [0.1, 0.15) is 5.82 Å². The van der Waals surface area contributed by atoms with E-state index < -0.39 is 0 Å². The van der Waals surface area contributed by atoms with Gasteiger partial charge in [0.15, 0.2) is 0 Å². The molecule has 5 heteroatoms. The van der Waals surface area contributed by atoms with Crippen LogP contribution in [0.25, 0.3) is 0 Å². The summed E-state index contributed by atoms with van der Waals surface area (Å²) in [6, 6.07) is 16.4. The fourth-order valence-corrected chi connectivity index (χ4v) is 2.78. The van der Waals surface area contributed by atoms with Gasteiger partial charge in [0.25, 0.3) is 0 Å². The molecule has 0 saturated heterocycles. The van der Waals surface area contributed by atoms with Crippen molar-refractivity contribution in [2.75, 3.05) is 10.6 Å². The molecule has 3 aromatic rings. The van der Waals surface area contributed by atoms with E-state index in [-0.39, 0.29) is 0 Å². The van der Waals surface area contributed by atoms with Gasteiger partial charge in [-0.25, -0.2) is 4.98 Å². The number of halogens is 1. The number of anilines is 3. The molecule has 3 rings (SSSR count). The van der Waals surface area contributed by atoms with E-state index in [4.69, 9.17) is 0 Å². The quantitative estimate of drug-likeness (QED) is 0.635. The summed E-state index contributed by atoms with van der Waals surface area (Å²) in [6.07, 6.45) is 1.75. The highest BCUT2D eigenvalue weighted by Crippen LogP contribution is 2.22. The number of hydrogen-bond acceptors (Lipinski definition) is 4. The van der Waals surface area contributed by atoms with Crippen LogP contribution in [0.2, 0.25) is 0 Å². The molecular weight excluding hydrogens is 364 g/mol. The molecule has 0 aliphatic rings. The number of rotatable bonds is 5. The number of nitrogens with one attached hydrogen (secondary N) is 2. The number of benzene rings is 2. The zero-order valence-corrected chi connectivity index (χ0v) is 15.3. The van der Waals surface area contributed by atoms with Crippen LogP contribution in [0.3, 0.4) is 0 Å². The van der Waals surface area contributed by atoms with Crippen molar-refractivity contribution in [2.45, 2.75) is 20.4 Å². The molecule has 24 heavy (non-hydrogen) atoms. The Hall–Kier alpha value is -2.40. The van der Waals surface area contributed by atoms with E-state index in [1.165, 1.54) is 11.1 Å². The van der Waals surface area contributed by atoms with Crippen LogP contribution in [0, 0.1) is 13.8 Å². The van der Waals surface area contributed by atoms with Crippen molar-refractivity contribution in [3.05, 3.63) is 75.9 Å². The van der Waals surface area contributed by atoms with Crippen molar-refractivity contribution < 1.29 is 0 Å². The number of aromatic nitrogens is 2. The lowest BCUT2D eigenvalue weighted by atomic mass is 10.1. The summed E-state index contributed by atoms with van der Waals surface area (Å²) in [4.78, 5) is 8.81. The predicted molar refractivity (Wildman–Crippen MR) is 103 cm³/mol. The number of nitrogens with zero attached hydrogens (tertiary/aromatic N) is 2. The maximum absolute atomic E-state index is 4.52. The summed E-state index contributed by atoms with van der Waals surface area (Å²) in [5.41, 5.74) is 4.61. The number of aryl methyl sites for hydroxylation is 2. The van der Waals surface area contributed by atoms with Gasteiger partial charge < -0.3 is 10.6 Å². The van der Waals surface area contributed by atoms with Crippen molar-refractivity contribution >= 4 is 33.4 Å². The molecule has 122 valence electrons. The van der Waals surface area contributed by atoms with Crippen LogP contribution in [-0.4, -0.2) is 9.97 Å². The van der Waals surface area contributed by atoms with Gasteiger partial charge in [-0.15, -0.1) is 0 Å². The Bertz CT molecular complexity index is 831. The van der Waals surface area contributed by atoms with Gasteiger partial charge in [-0.1, -0.05) is 45.8 Å². The maximum Gasteiger partial charge on any atom is 0.229 e. The van der Waals surface area contributed by atoms with Crippen molar-refractivity contribution in [2.24, 2.45) is 0 Å². The van der Waals surface area contributed by atoms with Gasteiger partial charge in [0.05, 0.1) is 0 Å². The first-order valence-corrected chi connectivity index (χ1v) is 8.55. The van der Waals surface area contributed by atoms with Crippen LogP contribution >= 0.6 is 15.9 Å². The summed E-state index contributed by atoms with van der Waals surface area (Å²) < 4.78 is 1.06. The second-order valence-electron chi connectivity index (χ2n) is 5.69. The Balaban J connectivity index is 1.68. The molecule has 4 nitrogen and oxygen atoms in total. The van der Waals surface area contributed by atoms with E-state index in [1.54, 1.807) is 6.20 Å². The fraction of sp³-hybridized carbons (Fsp3) is 0.158. The summed E-state index contributed by atoms with van der Waals surface area (Å²) in [5.74, 6) is 1.37. The van der Waals surface area contributed by atoms with Gasteiger partial charge in [-0.2, -0.15) is 4.98 Å². The van der Waals surface area contributed by atoms with Gasteiger partial charge >= 0.3 is 0 Å². The third-order valence-electron chi connectivity index (χ3n) is 3.68. The van der Waals surface area contributed by atoms with E-state index >= 15 is 0 Å². The second kappa shape index (κ2) is 7.45. The van der Waals surface area contributed by atoms with Crippen LogP contribution in [0.15, 0.2) is 59.2 Å².